The van der Waals surface area contributed by atoms with Crippen LogP contribution in [-0.2, 0) is 16.8 Å². The van der Waals surface area contributed by atoms with Gasteiger partial charge in [0.15, 0.2) is 0 Å². The fourth-order valence-electron chi connectivity index (χ4n) is 1.66. The van der Waals surface area contributed by atoms with Crippen LogP contribution in [0.4, 0.5) is 0 Å². The molecule has 0 saturated heterocycles. The summed E-state index contributed by atoms with van der Waals surface area (Å²) in [6.45, 7) is 4.71. The predicted molar refractivity (Wildman–Crippen MR) is 81.0 cm³/mol. The van der Waals surface area contributed by atoms with E-state index in [1.807, 2.05) is 6.07 Å². The van der Waals surface area contributed by atoms with E-state index in [-0.39, 0.29) is 6.54 Å². The monoisotopic (exact) mass is 301 g/mol. The number of nitrogens with two attached hydrogens (primary N) is 1. The maximum atomic E-state index is 11.9. The van der Waals surface area contributed by atoms with Gasteiger partial charge in [0.1, 0.15) is 4.99 Å². The SMILES string of the molecule is CCN(CC)S(=O)(=O)NCc1cccc(C(N)=S)c1. The Balaban J connectivity index is 2.77. The molecule has 1 rings (SSSR count). The van der Waals surface area contributed by atoms with Gasteiger partial charge in [-0.05, 0) is 11.6 Å². The first-order valence-corrected chi connectivity index (χ1v) is 7.89. The van der Waals surface area contributed by atoms with E-state index in [4.69, 9.17) is 18.0 Å². The molecule has 1 aromatic carbocycles. The molecule has 0 heterocycles. The van der Waals surface area contributed by atoms with Gasteiger partial charge in [0.25, 0.3) is 10.2 Å². The molecule has 0 aliphatic rings. The van der Waals surface area contributed by atoms with Crippen LogP contribution in [0.1, 0.15) is 25.0 Å². The summed E-state index contributed by atoms with van der Waals surface area (Å²) in [5, 5.41) is 0. The van der Waals surface area contributed by atoms with Crippen molar-refractivity contribution in [1.29, 1.82) is 0 Å². The van der Waals surface area contributed by atoms with Gasteiger partial charge in [0.05, 0.1) is 0 Å². The van der Waals surface area contributed by atoms with Crippen molar-refractivity contribution in [1.82, 2.24) is 9.03 Å². The van der Waals surface area contributed by atoms with Crippen molar-refractivity contribution in [3.8, 4) is 0 Å². The van der Waals surface area contributed by atoms with Crippen molar-refractivity contribution in [3.63, 3.8) is 0 Å². The van der Waals surface area contributed by atoms with Crippen LogP contribution >= 0.6 is 12.2 Å². The molecule has 0 bridgehead atoms. The molecule has 19 heavy (non-hydrogen) atoms. The Morgan fingerprint density at radius 3 is 2.53 bits per heavy atom. The molecular formula is C12H19N3O2S2. The van der Waals surface area contributed by atoms with Crippen molar-refractivity contribution in [3.05, 3.63) is 35.4 Å². The molecule has 0 unspecified atom stereocenters. The molecule has 5 nitrogen and oxygen atoms in total. The van der Waals surface area contributed by atoms with Crippen LogP contribution in [0.2, 0.25) is 0 Å². The third kappa shape index (κ3) is 4.54. The van der Waals surface area contributed by atoms with Crippen molar-refractivity contribution < 1.29 is 8.42 Å². The zero-order valence-corrected chi connectivity index (χ0v) is 12.7. The van der Waals surface area contributed by atoms with Crippen molar-refractivity contribution in [2.24, 2.45) is 5.73 Å². The number of thiocarbonyl (C=S) groups is 1. The largest absolute Gasteiger partial charge is 0.389 e. The highest BCUT2D eigenvalue weighted by Crippen LogP contribution is 2.06. The maximum Gasteiger partial charge on any atom is 0.279 e. The molecular weight excluding hydrogens is 282 g/mol. The zero-order chi connectivity index (χ0) is 14.5. The fraction of sp³-hybridized carbons (Fsp3) is 0.417. The highest BCUT2D eigenvalue weighted by molar-refractivity contribution is 7.87. The second-order valence-corrected chi connectivity index (χ2v) is 6.17. The molecule has 1 aromatic rings. The van der Waals surface area contributed by atoms with Gasteiger partial charge in [-0.3, -0.25) is 0 Å². The first-order valence-electron chi connectivity index (χ1n) is 6.04. The van der Waals surface area contributed by atoms with Gasteiger partial charge < -0.3 is 5.73 Å². The van der Waals surface area contributed by atoms with E-state index >= 15 is 0 Å². The average Bonchev–Trinajstić information content (AvgIpc) is 2.38. The fourth-order valence-corrected chi connectivity index (χ4v) is 3.00. The number of hydrogen-bond acceptors (Lipinski definition) is 3. The molecule has 0 amide bonds. The Hall–Kier alpha value is -1.02. The van der Waals surface area contributed by atoms with Gasteiger partial charge in [-0.1, -0.05) is 44.3 Å². The highest BCUT2D eigenvalue weighted by Gasteiger charge is 2.17. The van der Waals surface area contributed by atoms with Crippen LogP contribution < -0.4 is 10.5 Å². The number of benzene rings is 1. The van der Waals surface area contributed by atoms with Gasteiger partial charge in [-0.15, -0.1) is 0 Å². The Morgan fingerprint density at radius 2 is 2.00 bits per heavy atom. The van der Waals surface area contributed by atoms with Crippen LogP contribution in [0, 0.1) is 0 Å². The molecule has 0 saturated carbocycles. The standard InChI is InChI=1S/C12H19N3O2S2/c1-3-15(4-2)19(16,17)14-9-10-6-5-7-11(8-10)12(13)18/h5-8,14H,3-4,9H2,1-2H3,(H2,13,18). The van der Waals surface area contributed by atoms with E-state index in [2.05, 4.69) is 4.72 Å². The molecule has 0 aromatic heterocycles. The van der Waals surface area contributed by atoms with Gasteiger partial charge in [-0.25, -0.2) is 0 Å². The topological polar surface area (TPSA) is 75.4 Å². The molecule has 3 N–H and O–H groups in total. The lowest BCUT2D eigenvalue weighted by Crippen LogP contribution is -2.40. The quantitative estimate of drug-likeness (QED) is 0.737. The van der Waals surface area contributed by atoms with Crippen LogP contribution in [0.3, 0.4) is 0 Å². The van der Waals surface area contributed by atoms with E-state index in [1.165, 1.54) is 4.31 Å². The molecule has 0 radical (unpaired) electrons. The number of nitrogens with one attached hydrogen (secondary N) is 1. The molecule has 0 atom stereocenters. The number of rotatable bonds is 7. The third-order valence-corrected chi connectivity index (χ3v) is 4.66. The lowest BCUT2D eigenvalue weighted by atomic mass is 10.1. The van der Waals surface area contributed by atoms with Gasteiger partial charge in [0, 0.05) is 25.2 Å². The summed E-state index contributed by atoms with van der Waals surface area (Å²) in [7, 11) is -3.43. The van der Waals surface area contributed by atoms with Crippen molar-refractivity contribution in [2.75, 3.05) is 13.1 Å². The minimum atomic E-state index is -3.43. The minimum absolute atomic E-state index is 0.218. The molecule has 106 valence electrons. The summed E-state index contributed by atoms with van der Waals surface area (Å²) in [6, 6.07) is 7.21. The van der Waals surface area contributed by atoms with E-state index in [0.29, 0.717) is 18.1 Å². The summed E-state index contributed by atoms with van der Waals surface area (Å²) >= 11 is 4.89. The van der Waals surface area contributed by atoms with Crippen LogP contribution in [0.25, 0.3) is 0 Å². The van der Waals surface area contributed by atoms with E-state index in [1.54, 1.807) is 32.0 Å². The van der Waals surface area contributed by atoms with E-state index in [9.17, 15) is 8.42 Å². The smallest absolute Gasteiger partial charge is 0.279 e. The first kappa shape index (κ1) is 16.0. The predicted octanol–water partition coefficient (Wildman–Crippen LogP) is 0.997. The van der Waals surface area contributed by atoms with E-state index < -0.39 is 10.2 Å². The van der Waals surface area contributed by atoms with Crippen LogP contribution in [0.15, 0.2) is 24.3 Å². The van der Waals surface area contributed by atoms with Gasteiger partial charge >= 0.3 is 0 Å². The molecule has 0 fully saturated rings. The van der Waals surface area contributed by atoms with Crippen molar-refractivity contribution in [2.45, 2.75) is 20.4 Å². The minimum Gasteiger partial charge on any atom is -0.389 e. The van der Waals surface area contributed by atoms with Gasteiger partial charge in [-0.2, -0.15) is 17.4 Å². The Labute approximate surface area is 120 Å². The Kier molecular flexibility index (Phi) is 5.86. The summed E-state index contributed by atoms with van der Waals surface area (Å²) < 4.78 is 27.8. The summed E-state index contributed by atoms with van der Waals surface area (Å²) in [6.07, 6.45) is 0. The first-order chi connectivity index (χ1) is 8.90. The second-order valence-electron chi connectivity index (χ2n) is 3.98. The maximum absolute atomic E-state index is 11.9. The van der Waals surface area contributed by atoms with E-state index in [0.717, 1.165) is 11.1 Å². The summed E-state index contributed by atoms with van der Waals surface area (Å²) in [4.78, 5) is 0.299. The lowest BCUT2D eigenvalue weighted by molar-refractivity contribution is 0.434. The Bertz CT molecular complexity index is 540. The van der Waals surface area contributed by atoms with Crippen LogP contribution in [0.5, 0.6) is 0 Å². The molecule has 0 spiro atoms. The van der Waals surface area contributed by atoms with Gasteiger partial charge in [0.2, 0.25) is 0 Å². The molecule has 7 heteroatoms. The normalized spacial score (nSPS) is 11.7. The summed E-state index contributed by atoms with van der Waals surface area (Å²) in [5.74, 6) is 0. The summed E-state index contributed by atoms with van der Waals surface area (Å²) in [5.41, 5.74) is 7.09. The second kappa shape index (κ2) is 6.95. The average molecular weight is 301 g/mol. The zero-order valence-electron chi connectivity index (χ0n) is 11.1. The Morgan fingerprint density at radius 1 is 1.37 bits per heavy atom. The molecule has 0 aliphatic heterocycles. The third-order valence-electron chi connectivity index (χ3n) is 2.72. The van der Waals surface area contributed by atoms with Crippen molar-refractivity contribution >= 4 is 27.4 Å². The molecule has 0 aliphatic carbocycles. The number of hydrogen-bond donors (Lipinski definition) is 2. The van der Waals surface area contributed by atoms with Crippen LogP contribution in [-0.4, -0.2) is 30.8 Å². The highest BCUT2D eigenvalue weighted by atomic mass is 32.2. The lowest BCUT2D eigenvalue weighted by Gasteiger charge is -2.18. The number of nitrogens with zero attached hydrogens (tertiary/aromatic N) is 1.